The molecule has 0 amide bonds. The predicted octanol–water partition coefficient (Wildman–Crippen LogP) is 17.7. The highest BCUT2D eigenvalue weighted by atomic mass is 31.1. The fourth-order valence-electron chi connectivity index (χ4n) is 8.82. The zero-order chi connectivity index (χ0) is 40.8. The van der Waals surface area contributed by atoms with Gasteiger partial charge in [-0.2, -0.15) is 0 Å². The van der Waals surface area contributed by atoms with E-state index in [0.29, 0.717) is 20.6 Å². The van der Waals surface area contributed by atoms with Crippen molar-refractivity contribution in [1.82, 2.24) is 0 Å². The normalized spacial score (nSPS) is 14.8. The summed E-state index contributed by atoms with van der Waals surface area (Å²) < 4.78 is 0. The lowest BCUT2D eigenvalue weighted by Gasteiger charge is -2.44. The van der Waals surface area contributed by atoms with E-state index in [2.05, 4.69) is 203 Å². The van der Waals surface area contributed by atoms with Crippen molar-refractivity contribution in [3.8, 4) is 11.1 Å². The third kappa shape index (κ3) is 13.7. The molecule has 2 aromatic rings. The minimum atomic E-state index is -0.268. The molecule has 0 aliphatic carbocycles. The summed E-state index contributed by atoms with van der Waals surface area (Å²) in [6, 6.07) is 15.4. The molecule has 0 saturated heterocycles. The summed E-state index contributed by atoms with van der Waals surface area (Å²) in [4.78, 5) is 0. The maximum atomic E-state index is 2.65. The molecule has 0 fully saturated rings. The topological polar surface area (TPSA) is 0 Å². The third-order valence-corrected chi connectivity index (χ3v) is 26.1. The summed E-state index contributed by atoms with van der Waals surface area (Å²) in [6.07, 6.45) is 4.78. The van der Waals surface area contributed by atoms with Crippen LogP contribution in [0.1, 0.15) is 188 Å². The minimum absolute atomic E-state index is 0.239. The van der Waals surface area contributed by atoms with Gasteiger partial charge in [-0.3, -0.25) is 0 Å². The fourth-order valence-corrected chi connectivity index (χ4v) is 23.2. The van der Waals surface area contributed by atoms with Gasteiger partial charge in [0.05, 0.1) is 0 Å². The molecule has 0 bridgehead atoms. The lowest BCUT2D eigenvalue weighted by Crippen LogP contribution is -2.27. The van der Waals surface area contributed by atoms with Crippen LogP contribution < -0.4 is 0 Å². The van der Waals surface area contributed by atoms with Gasteiger partial charge in [-0.1, -0.05) is 234 Å². The zero-order valence-corrected chi connectivity index (χ0v) is 42.7. The van der Waals surface area contributed by atoms with Crippen LogP contribution in [0.2, 0.25) is 0 Å². The van der Waals surface area contributed by atoms with Crippen molar-refractivity contribution in [2.75, 3.05) is 0 Å². The van der Waals surface area contributed by atoms with Crippen molar-refractivity contribution in [2.24, 2.45) is 0 Å². The largest absolute Gasteiger partial charge is 0.0911 e. The molecule has 2 rings (SSSR count). The van der Waals surface area contributed by atoms with Gasteiger partial charge in [-0.25, -0.2) is 0 Å². The SMILES string of the molecule is CC(C)(C)P(Cc1ccc(-c2ccc(CP(C(C)(C)C)C(C)(C)C)c(CP(C(C)(C)C)C(C)(C)C)c2)cc1CP(C(C)(C)C)C(C)(C)C)C(C)(C)C. The molecule has 52 heavy (non-hydrogen) atoms. The summed E-state index contributed by atoms with van der Waals surface area (Å²) in [5, 5.41) is 2.31. The molecule has 298 valence electrons. The van der Waals surface area contributed by atoms with Crippen LogP contribution in [-0.4, -0.2) is 41.2 Å². The zero-order valence-electron chi connectivity index (χ0n) is 39.1. The standard InChI is InChI=1S/C48H86P4/c1-41(2,3)49(42(4,5)6)31-37-27-25-35(29-39(37)33-51(45(13,14)15)46(16,17)18)36-26-28-38(32-50(43(7,8)9)44(10,11)12)40(30-36)34-52(47(19,20)21)48(22,23)24/h25-30H,31-34H2,1-24H3. The van der Waals surface area contributed by atoms with Crippen LogP contribution >= 0.6 is 31.7 Å². The first-order chi connectivity index (χ1) is 22.8. The van der Waals surface area contributed by atoms with Gasteiger partial charge in [0.1, 0.15) is 0 Å². The Morgan fingerprint density at radius 3 is 0.615 bits per heavy atom. The highest BCUT2D eigenvalue weighted by Crippen LogP contribution is 2.66. The van der Waals surface area contributed by atoms with Crippen LogP contribution in [-0.2, 0) is 24.6 Å². The smallest absolute Gasteiger partial charge is 0.00606 e. The fraction of sp³-hybridized carbons (Fsp3) is 0.750. The lowest BCUT2D eigenvalue weighted by atomic mass is 9.97. The first-order valence-corrected chi connectivity index (χ1v) is 26.3. The molecule has 0 N–H and O–H groups in total. The van der Waals surface area contributed by atoms with Crippen molar-refractivity contribution in [2.45, 2.75) is 232 Å². The second kappa shape index (κ2) is 16.6. The van der Waals surface area contributed by atoms with E-state index in [4.69, 9.17) is 0 Å². The molecule has 0 unspecified atom stereocenters. The third-order valence-electron chi connectivity index (χ3n) is 10.5. The molecule has 0 heterocycles. The number of benzene rings is 2. The number of hydrogen-bond acceptors (Lipinski definition) is 0. The first-order valence-electron chi connectivity index (χ1n) is 20.2. The van der Waals surface area contributed by atoms with Crippen molar-refractivity contribution < 1.29 is 0 Å². The Balaban J connectivity index is 2.93. The van der Waals surface area contributed by atoms with Gasteiger partial charge < -0.3 is 0 Å². The number of hydrogen-bond donors (Lipinski definition) is 0. The van der Waals surface area contributed by atoms with Crippen LogP contribution in [0.4, 0.5) is 0 Å². The van der Waals surface area contributed by atoms with Crippen LogP contribution in [0.25, 0.3) is 11.1 Å². The maximum Gasteiger partial charge on any atom is -0.00606 e. The van der Waals surface area contributed by atoms with Gasteiger partial charge in [-0.05, 0) is 99.3 Å². The molecule has 0 atom stereocenters. The molecule has 0 spiro atoms. The molecule has 0 nitrogen and oxygen atoms in total. The van der Waals surface area contributed by atoms with E-state index in [9.17, 15) is 0 Å². The number of rotatable bonds is 9. The molecule has 2 aromatic carbocycles. The quantitative estimate of drug-likeness (QED) is 0.222. The van der Waals surface area contributed by atoms with Crippen molar-refractivity contribution in [1.29, 1.82) is 0 Å². The summed E-state index contributed by atoms with van der Waals surface area (Å²) in [7, 11) is -1.01. The van der Waals surface area contributed by atoms with E-state index < -0.39 is 0 Å². The van der Waals surface area contributed by atoms with E-state index in [0.717, 1.165) is 0 Å². The summed E-state index contributed by atoms with van der Waals surface area (Å²) in [6.45, 7) is 59.6. The Hall–Kier alpha value is 0.160. The summed E-state index contributed by atoms with van der Waals surface area (Å²) in [5.41, 5.74) is 9.23. The van der Waals surface area contributed by atoms with Gasteiger partial charge in [0, 0.05) is 0 Å². The molecule has 0 aromatic heterocycles. The van der Waals surface area contributed by atoms with Crippen LogP contribution in [0.3, 0.4) is 0 Å². The Morgan fingerprint density at radius 1 is 0.269 bits per heavy atom. The second-order valence-electron chi connectivity index (χ2n) is 23.7. The Kier molecular flexibility index (Phi) is 15.4. The summed E-state index contributed by atoms with van der Waals surface area (Å²) in [5.74, 6) is 0. The van der Waals surface area contributed by atoms with E-state index >= 15 is 0 Å². The average molecular weight is 787 g/mol. The van der Waals surface area contributed by atoms with E-state index in [1.807, 2.05) is 0 Å². The Bertz CT molecular complexity index is 1290. The van der Waals surface area contributed by atoms with Crippen molar-refractivity contribution in [3.05, 3.63) is 58.7 Å². The Morgan fingerprint density at radius 2 is 0.442 bits per heavy atom. The molecular formula is C48H86P4. The summed E-state index contributed by atoms with van der Waals surface area (Å²) >= 11 is 0. The monoisotopic (exact) mass is 787 g/mol. The highest BCUT2D eigenvalue weighted by molar-refractivity contribution is 7.61. The molecule has 0 radical (unpaired) electrons. The molecule has 0 aliphatic heterocycles. The van der Waals surface area contributed by atoms with Gasteiger partial charge in [-0.15, -0.1) is 0 Å². The molecule has 0 saturated carbocycles. The lowest BCUT2D eigenvalue weighted by molar-refractivity contribution is 0.699. The van der Waals surface area contributed by atoms with E-state index in [1.54, 1.807) is 22.3 Å². The Labute approximate surface area is 332 Å². The second-order valence-corrected chi connectivity index (χ2v) is 39.1. The average Bonchev–Trinajstić information content (AvgIpc) is 2.87. The van der Waals surface area contributed by atoms with Crippen molar-refractivity contribution in [3.63, 3.8) is 0 Å². The van der Waals surface area contributed by atoms with Gasteiger partial charge in [0.2, 0.25) is 0 Å². The van der Waals surface area contributed by atoms with E-state index in [-0.39, 0.29) is 52.3 Å². The highest BCUT2D eigenvalue weighted by Gasteiger charge is 2.39. The maximum absolute atomic E-state index is 2.65. The molecular weight excluding hydrogens is 700 g/mol. The predicted molar refractivity (Wildman–Crippen MR) is 252 cm³/mol. The minimum Gasteiger partial charge on any atom is -0.0911 e. The van der Waals surface area contributed by atoms with Gasteiger partial charge >= 0.3 is 0 Å². The van der Waals surface area contributed by atoms with Crippen molar-refractivity contribution >= 4 is 31.7 Å². The molecule has 4 heteroatoms. The van der Waals surface area contributed by atoms with Gasteiger partial charge in [0.15, 0.2) is 0 Å². The first kappa shape index (κ1) is 48.3. The van der Waals surface area contributed by atoms with Crippen LogP contribution in [0.15, 0.2) is 36.4 Å². The van der Waals surface area contributed by atoms with E-state index in [1.165, 1.54) is 35.8 Å². The van der Waals surface area contributed by atoms with Gasteiger partial charge in [0.25, 0.3) is 0 Å². The molecule has 0 aliphatic rings. The van der Waals surface area contributed by atoms with Crippen LogP contribution in [0, 0.1) is 0 Å². The van der Waals surface area contributed by atoms with Crippen LogP contribution in [0.5, 0.6) is 0 Å².